The molecule has 0 aliphatic carbocycles. The van der Waals surface area contributed by atoms with Crippen LogP contribution in [0.5, 0.6) is 0 Å². The molecule has 0 aliphatic heterocycles. The lowest BCUT2D eigenvalue weighted by atomic mass is 10.1. The third kappa shape index (κ3) is 3.83. The maximum Gasteiger partial charge on any atom is 0.240 e. The maximum absolute atomic E-state index is 13.2. The second-order valence-electron chi connectivity index (χ2n) is 4.70. The fourth-order valence-corrected chi connectivity index (χ4v) is 1.75. The van der Waals surface area contributed by atoms with Gasteiger partial charge >= 0.3 is 0 Å². The van der Waals surface area contributed by atoms with E-state index in [1.807, 2.05) is 13.8 Å². The second kappa shape index (κ2) is 6.73. The van der Waals surface area contributed by atoms with Crippen LogP contribution in [0.4, 0.5) is 8.78 Å². The van der Waals surface area contributed by atoms with Crippen LogP contribution in [-0.4, -0.2) is 17.3 Å². The van der Waals surface area contributed by atoms with E-state index in [4.69, 9.17) is 9.26 Å². The molecule has 0 bridgehead atoms. The van der Waals surface area contributed by atoms with Crippen molar-refractivity contribution in [2.75, 3.05) is 7.11 Å². The Labute approximate surface area is 121 Å². The summed E-state index contributed by atoms with van der Waals surface area (Å²) in [6, 6.07) is 3.62. The van der Waals surface area contributed by atoms with Crippen LogP contribution in [0.25, 0.3) is 0 Å². The molecule has 1 aromatic heterocycles. The molecule has 0 fully saturated rings. The number of ether oxygens (including phenoxy) is 1. The summed E-state index contributed by atoms with van der Waals surface area (Å²) in [5.41, 5.74) is 0.638. The number of benzene rings is 1. The minimum Gasteiger partial charge on any atom is -0.374 e. The lowest BCUT2D eigenvalue weighted by molar-refractivity contribution is 0.109. The average molecular weight is 297 g/mol. The zero-order valence-electron chi connectivity index (χ0n) is 12.1. The molecule has 1 heterocycles. The smallest absolute Gasteiger partial charge is 0.240 e. The number of nitrogens with zero attached hydrogens (tertiary/aromatic N) is 2. The highest BCUT2D eigenvalue weighted by Gasteiger charge is 2.14. The second-order valence-corrected chi connectivity index (χ2v) is 4.70. The third-order valence-electron chi connectivity index (χ3n) is 3.20. The standard InChI is InChI=1S/C14H17F2N3O2/c1-8(10-4-5-11(15)12(16)6-10)17-7-13-18-14(19-21-13)9(2)20-3/h4-6,8-9,17H,7H2,1-3H3. The van der Waals surface area contributed by atoms with E-state index >= 15 is 0 Å². The van der Waals surface area contributed by atoms with Crippen molar-refractivity contribution in [2.24, 2.45) is 0 Å². The van der Waals surface area contributed by atoms with E-state index in [9.17, 15) is 8.78 Å². The van der Waals surface area contributed by atoms with E-state index in [0.717, 1.165) is 6.07 Å². The Morgan fingerprint density at radius 3 is 2.71 bits per heavy atom. The molecular weight excluding hydrogens is 280 g/mol. The van der Waals surface area contributed by atoms with Crippen molar-refractivity contribution in [2.45, 2.75) is 32.5 Å². The summed E-state index contributed by atoms with van der Waals surface area (Å²) in [6.07, 6.45) is -0.244. The van der Waals surface area contributed by atoms with Crippen LogP contribution < -0.4 is 5.32 Å². The summed E-state index contributed by atoms with van der Waals surface area (Å²) in [5, 5.41) is 6.91. The first-order valence-electron chi connectivity index (χ1n) is 6.55. The minimum atomic E-state index is -0.866. The van der Waals surface area contributed by atoms with Crippen LogP contribution in [0.3, 0.4) is 0 Å². The van der Waals surface area contributed by atoms with Crippen LogP contribution in [0.2, 0.25) is 0 Å². The normalized spacial score (nSPS) is 14.1. The van der Waals surface area contributed by atoms with Crippen molar-refractivity contribution >= 4 is 0 Å². The van der Waals surface area contributed by atoms with Gasteiger partial charge in [0.15, 0.2) is 17.5 Å². The van der Waals surface area contributed by atoms with Crippen molar-refractivity contribution in [3.8, 4) is 0 Å². The van der Waals surface area contributed by atoms with Gasteiger partial charge in [-0.25, -0.2) is 8.78 Å². The summed E-state index contributed by atoms with van der Waals surface area (Å²) in [6.45, 7) is 3.97. The van der Waals surface area contributed by atoms with E-state index in [2.05, 4.69) is 15.5 Å². The van der Waals surface area contributed by atoms with E-state index < -0.39 is 11.6 Å². The van der Waals surface area contributed by atoms with Crippen molar-refractivity contribution < 1.29 is 18.0 Å². The summed E-state index contributed by atoms with van der Waals surface area (Å²) in [5.74, 6) is -0.852. The van der Waals surface area contributed by atoms with Gasteiger partial charge in [-0.05, 0) is 31.5 Å². The molecule has 0 saturated heterocycles. The van der Waals surface area contributed by atoms with Crippen molar-refractivity contribution in [3.05, 3.63) is 47.1 Å². The fourth-order valence-electron chi connectivity index (χ4n) is 1.75. The van der Waals surface area contributed by atoms with Crippen LogP contribution in [0.1, 0.15) is 43.3 Å². The third-order valence-corrected chi connectivity index (χ3v) is 3.20. The molecule has 0 saturated carbocycles. The summed E-state index contributed by atoms with van der Waals surface area (Å²) >= 11 is 0. The van der Waals surface area contributed by atoms with Gasteiger partial charge in [0.25, 0.3) is 0 Å². The van der Waals surface area contributed by atoms with Crippen molar-refractivity contribution in [1.82, 2.24) is 15.5 Å². The van der Waals surface area contributed by atoms with Gasteiger partial charge in [0, 0.05) is 13.2 Å². The zero-order valence-corrected chi connectivity index (χ0v) is 12.1. The largest absolute Gasteiger partial charge is 0.374 e. The first-order valence-corrected chi connectivity index (χ1v) is 6.55. The van der Waals surface area contributed by atoms with Gasteiger partial charge in [0.05, 0.1) is 6.54 Å². The monoisotopic (exact) mass is 297 g/mol. The number of nitrogens with one attached hydrogen (secondary N) is 1. The summed E-state index contributed by atoms with van der Waals surface area (Å²) in [7, 11) is 1.56. The van der Waals surface area contributed by atoms with Gasteiger partial charge in [-0.2, -0.15) is 4.98 Å². The predicted molar refractivity (Wildman–Crippen MR) is 71.3 cm³/mol. The van der Waals surface area contributed by atoms with E-state index in [1.54, 1.807) is 7.11 Å². The number of halogens is 2. The SMILES string of the molecule is COC(C)c1noc(CNC(C)c2ccc(F)c(F)c2)n1. The lowest BCUT2D eigenvalue weighted by Gasteiger charge is -2.12. The molecule has 7 heteroatoms. The molecule has 2 aromatic rings. The Morgan fingerprint density at radius 2 is 2.05 bits per heavy atom. The van der Waals surface area contributed by atoms with Crippen molar-refractivity contribution in [1.29, 1.82) is 0 Å². The van der Waals surface area contributed by atoms with E-state index in [-0.39, 0.29) is 12.1 Å². The Bertz CT molecular complexity index is 604. The van der Waals surface area contributed by atoms with Gasteiger partial charge in [0.2, 0.25) is 5.89 Å². The first-order chi connectivity index (χ1) is 10.0. The number of methoxy groups -OCH3 is 1. The molecule has 1 aromatic carbocycles. The molecular formula is C14H17F2N3O2. The molecule has 114 valence electrons. The van der Waals surface area contributed by atoms with Crippen LogP contribution in [0.15, 0.2) is 22.7 Å². The topological polar surface area (TPSA) is 60.2 Å². The Balaban J connectivity index is 1.95. The number of rotatable bonds is 6. The molecule has 0 radical (unpaired) electrons. The number of aromatic nitrogens is 2. The average Bonchev–Trinajstić information content (AvgIpc) is 2.95. The highest BCUT2D eigenvalue weighted by Crippen LogP contribution is 2.17. The molecule has 2 rings (SSSR count). The van der Waals surface area contributed by atoms with Crippen LogP contribution in [-0.2, 0) is 11.3 Å². The molecule has 2 atom stereocenters. The summed E-state index contributed by atoms with van der Waals surface area (Å²) < 4.78 is 36.2. The van der Waals surface area contributed by atoms with E-state index in [1.165, 1.54) is 12.1 Å². The Kier molecular flexibility index (Phi) is 4.98. The molecule has 5 nitrogen and oxygen atoms in total. The Hall–Kier alpha value is -1.86. The lowest BCUT2D eigenvalue weighted by Crippen LogP contribution is -2.18. The highest BCUT2D eigenvalue weighted by atomic mass is 19.2. The molecule has 2 unspecified atom stereocenters. The van der Waals surface area contributed by atoms with Gasteiger partial charge in [-0.15, -0.1) is 0 Å². The van der Waals surface area contributed by atoms with Crippen LogP contribution >= 0.6 is 0 Å². The van der Waals surface area contributed by atoms with Crippen molar-refractivity contribution in [3.63, 3.8) is 0 Å². The number of hydrogen-bond donors (Lipinski definition) is 1. The molecule has 21 heavy (non-hydrogen) atoms. The first kappa shape index (κ1) is 15.5. The molecule has 0 aliphatic rings. The van der Waals surface area contributed by atoms with Gasteiger partial charge < -0.3 is 14.6 Å². The predicted octanol–water partition coefficient (Wildman–Crippen LogP) is 2.91. The maximum atomic E-state index is 13.2. The van der Waals surface area contributed by atoms with Gasteiger partial charge in [-0.3, -0.25) is 0 Å². The Morgan fingerprint density at radius 1 is 1.29 bits per heavy atom. The van der Waals surface area contributed by atoms with Gasteiger partial charge in [0.1, 0.15) is 6.10 Å². The molecule has 0 amide bonds. The van der Waals surface area contributed by atoms with Gasteiger partial charge in [-0.1, -0.05) is 11.2 Å². The number of hydrogen-bond acceptors (Lipinski definition) is 5. The van der Waals surface area contributed by atoms with Crippen LogP contribution in [0, 0.1) is 11.6 Å². The zero-order chi connectivity index (χ0) is 15.4. The quantitative estimate of drug-likeness (QED) is 0.888. The summed E-state index contributed by atoms with van der Waals surface area (Å²) in [4.78, 5) is 4.18. The van der Waals surface area contributed by atoms with E-state index in [0.29, 0.717) is 23.8 Å². The molecule has 0 spiro atoms. The molecule has 1 N–H and O–H groups in total. The fraction of sp³-hybridized carbons (Fsp3) is 0.429. The highest BCUT2D eigenvalue weighted by molar-refractivity contribution is 5.20. The minimum absolute atomic E-state index is 0.185.